The van der Waals surface area contributed by atoms with Crippen LogP contribution >= 0.6 is 0 Å². The molecule has 0 unspecified atom stereocenters. The third-order valence-corrected chi connectivity index (χ3v) is 4.34. The smallest absolute Gasteiger partial charge is 0.224 e. The second-order valence-corrected chi connectivity index (χ2v) is 6.27. The van der Waals surface area contributed by atoms with Crippen molar-refractivity contribution in [3.05, 3.63) is 53.6 Å². The van der Waals surface area contributed by atoms with Crippen LogP contribution in [0.1, 0.15) is 24.0 Å². The van der Waals surface area contributed by atoms with Gasteiger partial charge in [0.1, 0.15) is 12.4 Å². The molecule has 3 rings (SSSR count). The maximum absolute atomic E-state index is 11.4. The molecule has 0 fully saturated rings. The molecule has 1 amide bonds. The molecule has 5 nitrogen and oxygen atoms in total. The van der Waals surface area contributed by atoms with E-state index in [1.54, 1.807) is 0 Å². The summed E-state index contributed by atoms with van der Waals surface area (Å²) in [4.78, 5) is 11.4. The summed E-state index contributed by atoms with van der Waals surface area (Å²) in [7, 11) is 0. The fourth-order valence-corrected chi connectivity index (χ4v) is 2.99. The number of nitrogens with one attached hydrogen (secondary N) is 2. The van der Waals surface area contributed by atoms with E-state index in [9.17, 15) is 4.79 Å². The minimum atomic E-state index is 0.0763. The van der Waals surface area contributed by atoms with Crippen LogP contribution in [0.4, 0.5) is 11.4 Å². The molecule has 0 saturated carbocycles. The van der Waals surface area contributed by atoms with E-state index >= 15 is 0 Å². The number of aryl methyl sites for hydroxylation is 1. The van der Waals surface area contributed by atoms with Gasteiger partial charge in [-0.2, -0.15) is 0 Å². The Bertz CT molecular complexity index is 713. The zero-order valence-electron chi connectivity index (χ0n) is 14.4. The first-order valence-corrected chi connectivity index (χ1v) is 8.82. The first-order chi connectivity index (χ1) is 12.2. The van der Waals surface area contributed by atoms with Crippen LogP contribution in [0.5, 0.6) is 5.75 Å². The van der Waals surface area contributed by atoms with Crippen LogP contribution in [0.25, 0.3) is 0 Å². The summed E-state index contributed by atoms with van der Waals surface area (Å²) >= 11 is 0. The third-order valence-electron chi connectivity index (χ3n) is 4.34. The molecule has 0 spiro atoms. The Kier molecular flexibility index (Phi) is 5.90. The number of amides is 1. The zero-order chi connectivity index (χ0) is 17.5. The Labute approximate surface area is 148 Å². The molecule has 25 heavy (non-hydrogen) atoms. The molecular weight excluding hydrogens is 314 g/mol. The minimum Gasteiger partial charge on any atom is -0.492 e. The first-order valence-electron chi connectivity index (χ1n) is 8.82. The van der Waals surface area contributed by atoms with E-state index < -0.39 is 0 Å². The number of anilines is 2. The Morgan fingerprint density at radius 3 is 2.76 bits per heavy atom. The summed E-state index contributed by atoms with van der Waals surface area (Å²) in [6, 6.07) is 13.9. The predicted octanol–water partition coefficient (Wildman–Crippen LogP) is 2.75. The van der Waals surface area contributed by atoms with Crippen molar-refractivity contribution in [2.75, 3.05) is 30.7 Å². The summed E-state index contributed by atoms with van der Waals surface area (Å²) in [5.74, 6) is 0.952. The monoisotopic (exact) mass is 339 g/mol. The first kappa shape index (κ1) is 17.3. The number of fused-ring (bicyclic) bond motifs is 1. The third kappa shape index (κ3) is 4.97. The molecule has 2 aromatic rings. The summed E-state index contributed by atoms with van der Waals surface area (Å²) < 4.78 is 5.89. The fourth-order valence-electron chi connectivity index (χ4n) is 2.99. The molecule has 1 heterocycles. The van der Waals surface area contributed by atoms with Crippen molar-refractivity contribution in [1.82, 2.24) is 5.32 Å². The summed E-state index contributed by atoms with van der Waals surface area (Å²) in [6.07, 6.45) is 3.39. The number of carbonyl (C=O) groups excluding carboxylic acids is 1. The lowest BCUT2D eigenvalue weighted by Gasteiger charge is -2.20. The maximum Gasteiger partial charge on any atom is 0.224 e. The molecule has 2 aromatic carbocycles. The molecule has 0 bridgehead atoms. The maximum atomic E-state index is 11.4. The van der Waals surface area contributed by atoms with Crippen LogP contribution in [0.15, 0.2) is 42.5 Å². The van der Waals surface area contributed by atoms with Gasteiger partial charge in [-0.05, 0) is 55.6 Å². The fraction of sp³-hybridized carbons (Fsp3) is 0.350. The number of rotatable bonds is 8. The Hall–Kier alpha value is -2.53. The number of carbonyl (C=O) groups is 1. The highest BCUT2D eigenvalue weighted by molar-refractivity contribution is 5.94. The standard InChI is InChI=1S/C20H25N3O2/c21-16-8-6-15(7-9-16)3-2-12-22-13-14-25-19-5-1-4-18-17(19)10-11-20(24)23-18/h1,4-9,22H,2-3,10-14,21H2,(H,23,24). The molecule has 0 aliphatic carbocycles. The Morgan fingerprint density at radius 2 is 1.92 bits per heavy atom. The highest BCUT2D eigenvalue weighted by Crippen LogP contribution is 2.30. The van der Waals surface area contributed by atoms with Crippen molar-refractivity contribution in [1.29, 1.82) is 0 Å². The molecule has 1 aliphatic heterocycles. The van der Waals surface area contributed by atoms with Crippen LogP contribution in [-0.2, 0) is 17.6 Å². The average Bonchev–Trinajstić information content (AvgIpc) is 2.62. The van der Waals surface area contributed by atoms with Gasteiger partial charge in [0.05, 0.1) is 0 Å². The topological polar surface area (TPSA) is 76.4 Å². The van der Waals surface area contributed by atoms with E-state index in [0.717, 1.165) is 55.0 Å². The minimum absolute atomic E-state index is 0.0763. The van der Waals surface area contributed by atoms with Crippen LogP contribution in [0.2, 0.25) is 0 Å². The summed E-state index contributed by atoms with van der Waals surface area (Å²) in [5, 5.41) is 6.30. The van der Waals surface area contributed by atoms with E-state index in [4.69, 9.17) is 10.5 Å². The lowest BCUT2D eigenvalue weighted by atomic mass is 10.0. The SMILES string of the molecule is Nc1ccc(CCCNCCOc2cccc3c2CCC(=O)N3)cc1. The van der Waals surface area contributed by atoms with E-state index in [1.165, 1.54) is 5.56 Å². The van der Waals surface area contributed by atoms with Gasteiger partial charge in [0.25, 0.3) is 0 Å². The molecule has 132 valence electrons. The molecule has 5 heteroatoms. The van der Waals surface area contributed by atoms with Crippen LogP contribution < -0.4 is 21.1 Å². The zero-order valence-corrected chi connectivity index (χ0v) is 14.4. The number of hydrogen-bond acceptors (Lipinski definition) is 4. The number of ether oxygens (including phenoxy) is 1. The Balaban J connectivity index is 1.34. The van der Waals surface area contributed by atoms with Gasteiger partial charge in [0.2, 0.25) is 5.91 Å². The predicted molar refractivity (Wildman–Crippen MR) is 101 cm³/mol. The van der Waals surface area contributed by atoms with Gasteiger partial charge in [-0.1, -0.05) is 18.2 Å². The second-order valence-electron chi connectivity index (χ2n) is 6.27. The van der Waals surface area contributed by atoms with Crippen molar-refractivity contribution < 1.29 is 9.53 Å². The summed E-state index contributed by atoms with van der Waals surface area (Å²) in [5.41, 5.74) is 9.79. The highest BCUT2D eigenvalue weighted by atomic mass is 16.5. The van der Waals surface area contributed by atoms with Crippen LogP contribution in [-0.4, -0.2) is 25.6 Å². The number of nitrogen functional groups attached to an aromatic ring is 1. The van der Waals surface area contributed by atoms with Gasteiger partial charge < -0.3 is 21.1 Å². The lowest BCUT2D eigenvalue weighted by molar-refractivity contribution is -0.116. The van der Waals surface area contributed by atoms with Gasteiger partial charge in [-0.3, -0.25) is 4.79 Å². The molecule has 0 radical (unpaired) electrons. The van der Waals surface area contributed by atoms with E-state index in [-0.39, 0.29) is 5.91 Å². The van der Waals surface area contributed by atoms with Crippen molar-refractivity contribution in [2.24, 2.45) is 0 Å². The van der Waals surface area contributed by atoms with Gasteiger partial charge in [-0.25, -0.2) is 0 Å². The van der Waals surface area contributed by atoms with Crippen molar-refractivity contribution in [3.63, 3.8) is 0 Å². The van der Waals surface area contributed by atoms with E-state index in [1.807, 2.05) is 30.3 Å². The quantitative estimate of drug-likeness (QED) is 0.510. The molecule has 4 N–H and O–H groups in total. The number of nitrogens with two attached hydrogens (primary N) is 1. The normalized spacial score (nSPS) is 13.2. The molecule has 0 saturated heterocycles. The Morgan fingerprint density at radius 1 is 1.08 bits per heavy atom. The second kappa shape index (κ2) is 8.53. The van der Waals surface area contributed by atoms with E-state index in [0.29, 0.717) is 13.0 Å². The number of hydrogen-bond donors (Lipinski definition) is 3. The van der Waals surface area contributed by atoms with Gasteiger partial charge >= 0.3 is 0 Å². The lowest BCUT2D eigenvalue weighted by Crippen LogP contribution is -2.23. The van der Waals surface area contributed by atoms with Gasteiger partial charge in [0.15, 0.2) is 0 Å². The van der Waals surface area contributed by atoms with Crippen molar-refractivity contribution >= 4 is 17.3 Å². The largest absolute Gasteiger partial charge is 0.492 e. The van der Waals surface area contributed by atoms with Gasteiger partial charge in [0, 0.05) is 29.9 Å². The summed E-state index contributed by atoms with van der Waals surface area (Å²) in [6.45, 7) is 2.38. The molecular formula is C20H25N3O2. The van der Waals surface area contributed by atoms with Crippen molar-refractivity contribution in [2.45, 2.75) is 25.7 Å². The van der Waals surface area contributed by atoms with Crippen LogP contribution in [0, 0.1) is 0 Å². The molecule has 1 aliphatic rings. The number of benzene rings is 2. The van der Waals surface area contributed by atoms with Crippen LogP contribution in [0.3, 0.4) is 0 Å². The van der Waals surface area contributed by atoms with E-state index in [2.05, 4.69) is 22.8 Å². The average molecular weight is 339 g/mol. The van der Waals surface area contributed by atoms with Crippen molar-refractivity contribution in [3.8, 4) is 5.75 Å². The molecule has 0 atom stereocenters. The van der Waals surface area contributed by atoms with Gasteiger partial charge in [-0.15, -0.1) is 0 Å². The molecule has 0 aromatic heterocycles. The highest BCUT2D eigenvalue weighted by Gasteiger charge is 2.17.